The van der Waals surface area contributed by atoms with Gasteiger partial charge in [0.05, 0.1) is 0 Å². The fourth-order valence-electron chi connectivity index (χ4n) is 4.68. The van der Waals surface area contributed by atoms with Crippen molar-refractivity contribution < 1.29 is 14.4 Å². The summed E-state index contributed by atoms with van der Waals surface area (Å²) in [4.78, 5) is 40.5. The smallest absolute Gasteiger partial charge is 0.190 e. The summed E-state index contributed by atoms with van der Waals surface area (Å²) in [7, 11) is 2.14. The lowest BCUT2D eigenvalue weighted by Gasteiger charge is -2.31. The Labute approximate surface area is 147 Å². The molecule has 0 N–H and O–H groups in total. The number of rotatable bonds is 3. The molecule has 130 valence electrons. The van der Waals surface area contributed by atoms with Crippen LogP contribution in [0.5, 0.6) is 0 Å². The highest BCUT2D eigenvalue weighted by atomic mass is 16.1. The summed E-state index contributed by atoms with van der Waals surface area (Å²) in [6, 6.07) is 7.53. The van der Waals surface area contributed by atoms with Gasteiger partial charge in [-0.15, -0.1) is 0 Å². The molecule has 0 bridgehead atoms. The van der Waals surface area contributed by atoms with Crippen molar-refractivity contribution in [3.8, 4) is 0 Å². The quantitative estimate of drug-likeness (QED) is 0.850. The third-order valence-electron chi connectivity index (χ3n) is 6.04. The Hall–Kier alpha value is -2.07. The molecule has 0 saturated carbocycles. The zero-order valence-electron chi connectivity index (χ0n) is 14.6. The van der Waals surface area contributed by atoms with E-state index in [-0.39, 0.29) is 29.7 Å². The number of hydrogen-bond acceptors (Lipinski definition) is 4. The van der Waals surface area contributed by atoms with Gasteiger partial charge in [-0.1, -0.05) is 24.3 Å². The second-order valence-electron chi connectivity index (χ2n) is 7.57. The predicted octanol–water partition coefficient (Wildman–Crippen LogP) is 3.22. The number of allylic oxidation sites excluding steroid dienone is 2. The molecular formula is C21H23NO3. The summed E-state index contributed by atoms with van der Waals surface area (Å²) >= 11 is 0. The second kappa shape index (κ2) is 6.34. The standard InChI is InChI=1S/C21H23NO3/c1-22-10-4-5-14(22)9-8-13-11-15(23)12-18-19(13)21(25)17-7-3-2-6-16(17)20(18)24/h2-3,6-7,13-14H,4-5,8-12H2,1H3. The number of benzene rings is 1. The van der Waals surface area contributed by atoms with Crippen LogP contribution in [0.25, 0.3) is 0 Å². The summed E-state index contributed by atoms with van der Waals surface area (Å²) in [5, 5.41) is 0. The van der Waals surface area contributed by atoms with Gasteiger partial charge in [0.2, 0.25) is 0 Å². The van der Waals surface area contributed by atoms with Crippen molar-refractivity contribution in [2.24, 2.45) is 5.92 Å². The number of carbonyl (C=O) groups is 3. The molecule has 1 aromatic rings. The highest BCUT2D eigenvalue weighted by molar-refractivity contribution is 6.28. The van der Waals surface area contributed by atoms with Crippen molar-refractivity contribution in [2.45, 2.75) is 44.6 Å². The molecule has 1 aromatic carbocycles. The minimum Gasteiger partial charge on any atom is -0.303 e. The first kappa shape index (κ1) is 16.4. The average molecular weight is 337 g/mol. The third kappa shape index (κ3) is 2.78. The van der Waals surface area contributed by atoms with Crippen LogP contribution in [0.1, 0.15) is 59.2 Å². The number of ketones is 3. The first-order valence-corrected chi connectivity index (χ1v) is 9.19. The molecule has 0 radical (unpaired) electrons. The molecule has 0 amide bonds. The van der Waals surface area contributed by atoms with Crippen molar-refractivity contribution in [1.82, 2.24) is 4.90 Å². The summed E-state index contributed by atoms with van der Waals surface area (Å²) in [6.45, 7) is 1.12. The predicted molar refractivity (Wildman–Crippen MR) is 94.7 cm³/mol. The maximum absolute atomic E-state index is 13.0. The van der Waals surface area contributed by atoms with E-state index in [2.05, 4.69) is 11.9 Å². The van der Waals surface area contributed by atoms with Crippen LogP contribution in [0.4, 0.5) is 0 Å². The van der Waals surface area contributed by atoms with Crippen LogP contribution in [0.15, 0.2) is 35.4 Å². The molecule has 2 atom stereocenters. The van der Waals surface area contributed by atoms with Gasteiger partial charge in [0, 0.05) is 41.2 Å². The number of carbonyl (C=O) groups excluding carboxylic acids is 3. The summed E-state index contributed by atoms with van der Waals surface area (Å²) in [5.41, 5.74) is 2.05. The first-order valence-electron chi connectivity index (χ1n) is 9.19. The van der Waals surface area contributed by atoms with Crippen LogP contribution in [-0.4, -0.2) is 41.9 Å². The van der Waals surface area contributed by atoms with Crippen LogP contribution in [-0.2, 0) is 4.79 Å². The van der Waals surface area contributed by atoms with E-state index in [1.165, 1.54) is 12.8 Å². The number of nitrogens with zero attached hydrogens (tertiary/aromatic N) is 1. The fourth-order valence-corrected chi connectivity index (χ4v) is 4.68. The lowest BCUT2D eigenvalue weighted by Crippen LogP contribution is -2.33. The zero-order valence-corrected chi connectivity index (χ0v) is 14.6. The average Bonchev–Trinajstić information content (AvgIpc) is 3.02. The minimum absolute atomic E-state index is 0.0394. The maximum Gasteiger partial charge on any atom is 0.190 e. The van der Waals surface area contributed by atoms with Gasteiger partial charge in [-0.2, -0.15) is 0 Å². The third-order valence-corrected chi connectivity index (χ3v) is 6.04. The number of hydrogen-bond donors (Lipinski definition) is 0. The molecule has 1 saturated heterocycles. The first-order chi connectivity index (χ1) is 12.1. The zero-order chi connectivity index (χ0) is 17.6. The van der Waals surface area contributed by atoms with Gasteiger partial charge in [0.1, 0.15) is 5.78 Å². The molecule has 4 nitrogen and oxygen atoms in total. The number of Topliss-reactive ketones (excluding diaryl/α,β-unsaturated/α-hetero) is 3. The Bertz CT molecular complexity index is 792. The Balaban J connectivity index is 1.64. The summed E-state index contributed by atoms with van der Waals surface area (Å²) in [5.74, 6) is -0.178. The fraction of sp³-hybridized carbons (Fsp3) is 0.476. The van der Waals surface area contributed by atoms with Gasteiger partial charge in [-0.25, -0.2) is 0 Å². The monoisotopic (exact) mass is 337 g/mol. The highest BCUT2D eigenvalue weighted by Crippen LogP contribution is 2.40. The van der Waals surface area contributed by atoms with E-state index in [4.69, 9.17) is 0 Å². The van der Waals surface area contributed by atoms with E-state index < -0.39 is 0 Å². The van der Waals surface area contributed by atoms with Gasteiger partial charge in [-0.05, 0) is 45.2 Å². The summed E-state index contributed by atoms with van der Waals surface area (Å²) in [6.07, 6.45) is 4.70. The van der Waals surface area contributed by atoms with Gasteiger partial charge in [0.25, 0.3) is 0 Å². The van der Waals surface area contributed by atoms with Crippen LogP contribution in [0.3, 0.4) is 0 Å². The molecule has 2 unspecified atom stereocenters. The minimum atomic E-state index is -0.124. The van der Waals surface area contributed by atoms with Crippen molar-refractivity contribution in [3.63, 3.8) is 0 Å². The lowest BCUT2D eigenvalue weighted by atomic mass is 9.70. The van der Waals surface area contributed by atoms with Crippen LogP contribution < -0.4 is 0 Å². The highest BCUT2D eigenvalue weighted by Gasteiger charge is 2.40. The van der Waals surface area contributed by atoms with Gasteiger partial charge >= 0.3 is 0 Å². The molecule has 1 aliphatic heterocycles. The molecule has 4 heteroatoms. The lowest BCUT2D eigenvalue weighted by molar-refractivity contribution is -0.119. The molecular weight excluding hydrogens is 314 g/mol. The van der Waals surface area contributed by atoms with Crippen LogP contribution in [0.2, 0.25) is 0 Å². The van der Waals surface area contributed by atoms with Crippen molar-refractivity contribution >= 4 is 17.3 Å². The van der Waals surface area contributed by atoms with Crippen molar-refractivity contribution in [1.29, 1.82) is 0 Å². The van der Waals surface area contributed by atoms with E-state index in [9.17, 15) is 14.4 Å². The summed E-state index contributed by atoms with van der Waals surface area (Å²) < 4.78 is 0. The van der Waals surface area contributed by atoms with Gasteiger partial charge in [-0.3, -0.25) is 14.4 Å². The molecule has 3 aliphatic rings. The largest absolute Gasteiger partial charge is 0.303 e. The Kier molecular flexibility index (Phi) is 4.16. The normalized spacial score (nSPS) is 26.8. The van der Waals surface area contributed by atoms with E-state index in [0.717, 1.165) is 19.4 Å². The Morgan fingerprint density at radius 1 is 1.04 bits per heavy atom. The SMILES string of the molecule is CN1CCCC1CCC1CC(=O)CC2=C1C(=O)c1ccccc1C2=O. The molecule has 1 heterocycles. The molecule has 25 heavy (non-hydrogen) atoms. The van der Waals surface area contributed by atoms with E-state index in [0.29, 0.717) is 34.7 Å². The van der Waals surface area contributed by atoms with E-state index in [1.54, 1.807) is 24.3 Å². The topological polar surface area (TPSA) is 54.5 Å². The molecule has 0 spiro atoms. The van der Waals surface area contributed by atoms with E-state index in [1.807, 2.05) is 0 Å². The molecule has 4 rings (SSSR count). The Morgan fingerprint density at radius 3 is 2.44 bits per heavy atom. The Morgan fingerprint density at radius 2 is 1.76 bits per heavy atom. The van der Waals surface area contributed by atoms with Crippen molar-refractivity contribution in [2.75, 3.05) is 13.6 Å². The van der Waals surface area contributed by atoms with Gasteiger partial charge in [0.15, 0.2) is 11.6 Å². The molecule has 1 fully saturated rings. The molecule has 2 aliphatic carbocycles. The van der Waals surface area contributed by atoms with Gasteiger partial charge < -0.3 is 4.90 Å². The second-order valence-corrected chi connectivity index (χ2v) is 7.57. The number of fused-ring (bicyclic) bond motifs is 1. The number of likely N-dealkylation sites (tertiary alicyclic amines) is 1. The van der Waals surface area contributed by atoms with Crippen molar-refractivity contribution in [3.05, 3.63) is 46.5 Å². The van der Waals surface area contributed by atoms with Crippen LogP contribution in [0, 0.1) is 5.92 Å². The van der Waals surface area contributed by atoms with E-state index >= 15 is 0 Å². The van der Waals surface area contributed by atoms with Crippen LogP contribution >= 0.6 is 0 Å². The maximum atomic E-state index is 13.0. The molecule has 0 aromatic heterocycles.